The van der Waals surface area contributed by atoms with Crippen molar-refractivity contribution in [3.05, 3.63) is 93.5 Å². The van der Waals surface area contributed by atoms with E-state index in [0.717, 1.165) is 22.6 Å². The van der Waals surface area contributed by atoms with Crippen molar-refractivity contribution < 1.29 is 14.3 Å². The number of hydrogen-bond donors (Lipinski definition) is 0. The number of hydrogen-bond acceptors (Lipinski definition) is 3. The summed E-state index contributed by atoms with van der Waals surface area (Å²) in [5.74, 6) is 1.36. The quantitative estimate of drug-likeness (QED) is 0.472. The van der Waals surface area contributed by atoms with Crippen molar-refractivity contribution in [2.75, 3.05) is 14.2 Å². The van der Waals surface area contributed by atoms with Gasteiger partial charge in [-0.05, 0) is 53.6 Å². The van der Waals surface area contributed by atoms with Gasteiger partial charge in [-0.3, -0.25) is 4.79 Å². The topological polar surface area (TPSA) is 38.8 Å². The third-order valence-corrected chi connectivity index (χ3v) is 5.06. The molecular weight excluding hydrogens is 409 g/mol. The average Bonchev–Trinajstić information content (AvgIpc) is 2.74. The molecule has 4 nitrogen and oxygen atoms in total. The molecule has 0 saturated heterocycles. The molecule has 0 spiro atoms. The van der Waals surface area contributed by atoms with Crippen LogP contribution in [-0.2, 0) is 13.1 Å². The second-order valence-corrected chi connectivity index (χ2v) is 7.33. The number of ether oxygens (including phenoxy) is 2. The van der Waals surface area contributed by atoms with E-state index in [0.29, 0.717) is 28.7 Å². The van der Waals surface area contributed by atoms with Gasteiger partial charge in [0.05, 0.1) is 24.8 Å². The Labute approximate surface area is 180 Å². The molecule has 3 aromatic rings. The van der Waals surface area contributed by atoms with Gasteiger partial charge in [0.2, 0.25) is 0 Å². The van der Waals surface area contributed by atoms with E-state index in [1.807, 2.05) is 48.5 Å². The van der Waals surface area contributed by atoms with E-state index >= 15 is 0 Å². The first-order valence-corrected chi connectivity index (χ1v) is 9.76. The predicted octanol–water partition coefficient (Wildman–Crippen LogP) is 5.85. The van der Waals surface area contributed by atoms with Gasteiger partial charge in [0, 0.05) is 18.1 Å². The Balaban J connectivity index is 1.89. The van der Waals surface area contributed by atoms with Crippen molar-refractivity contribution in [3.8, 4) is 11.5 Å². The normalized spacial score (nSPS) is 10.5. The van der Waals surface area contributed by atoms with Crippen LogP contribution >= 0.6 is 23.2 Å². The molecule has 0 bridgehead atoms. The van der Waals surface area contributed by atoms with Crippen LogP contribution in [0.3, 0.4) is 0 Å². The molecular formula is C23H21Cl2NO3. The van der Waals surface area contributed by atoms with E-state index in [9.17, 15) is 4.79 Å². The van der Waals surface area contributed by atoms with E-state index in [4.69, 9.17) is 32.7 Å². The highest BCUT2D eigenvalue weighted by molar-refractivity contribution is 6.36. The van der Waals surface area contributed by atoms with Crippen LogP contribution in [0.25, 0.3) is 0 Å². The molecule has 0 radical (unpaired) electrons. The van der Waals surface area contributed by atoms with Crippen LogP contribution < -0.4 is 9.47 Å². The molecule has 0 heterocycles. The van der Waals surface area contributed by atoms with Crippen LogP contribution in [-0.4, -0.2) is 25.0 Å². The number of methoxy groups -OCH3 is 2. The number of carbonyl (C=O) groups excluding carboxylic acids is 1. The Morgan fingerprint density at radius 1 is 0.793 bits per heavy atom. The number of rotatable bonds is 7. The van der Waals surface area contributed by atoms with Crippen LogP contribution in [0.5, 0.6) is 11.5 Å². The first kappa shape index (κ1) is 21.0. The molecule has 0 unspecified atom stereocenters. The summed E-state index contributed by atoms with van der Waals surface area (Å²) < 4.78 is 10.4. The summed E-state index contributed by atoms with van der Waals surface area (Å²) in [6.45, 7) is 0.849. The lowest BCUT2D eigenvalue weighted by molar-refractivity contribution is 0.0730. The number of halogens is 2. The van der Waals surface area contributed by atoms with Crippen molar-refractivity contribution >= 4 is 29.1 Å². The van der Waals surface area contributed by atoms with Crippen molar-refractivity contribution in [1.29, 1.82) is 0 Å². The maximum Gasteiger partial charge on any atom is 0.255 e. The monoisotopic (exact) mass is 429 g/mol. The zero-order chi connectivity index (χ0) is 20.8. The van der Waals surface area contributed by atoms with E-state index in [-0.39, 0.29) is 5.91 Å². The van der Waals surface area contributed by atoms with Gasteiger partial charge in [-0.15, -0.1) is 0 Å². The van der Waals surface area contributed by atoms with Crippen LogP contribution in [0, 0.1) is 0 Å². The Bertz CT molecular complexity index is 923. The molecule has 0 aliphatic carbocycles. The zero-order valence-electron chi connectivity index (χ0n) is 16.2. The largest absolute Gasteiger partial charge is 0.497 e. The SMILES string of the molecule is COc1ccc(CN(Cc2ccc(OC)cc2)C(=O)c2ccc(Cl)cc2Cl)cc1. The second-order valence-electron chi connectivity index (χ2n) is 6.48. The van der Waals surface area contributed by atoms with E-state index in [1.165, 1.54) is 0 Å². The molecule has 0 aromatic heterocycles. The van der Waals surface area contributed by atoms with Crippen molar-refractivity contribution in [2.45, 2.75) is 13.1 Å². The molecule has 6 heteroatoms. The van der Waals surface area contributed by atoms with Gasteiger partial charge in [0.1, 0.15) is 11.5 Å². The Morgan fingerprint density at radius 2 is 1.28 bits per heavy atom. The summed E-state index contributed by atoms with van der Waals surface area (Å²) in [5, 5.41) is 0.820. The second kappa shape index (κ2) is 9.68. The highest BCUT2D eigenvalue weighted by Gasteiger charge is 2.19. The number of nitrogens with zero attached hydrogens (tertiary/aromatic N) is 1. The molecule has 0 fully saturated rings. The Morgan fingerprint density at radius 3 is 1.69 bits per heavy atom. The van der Waals surface area contributed by atoms with Crippen molar-refractivity contribution in [3.63, 3.8) is 0 Å². The minimum absolute atomic E-state index is 0.168. The molecule has 29 heavy (non-hydrogen) atoms. The van der Waals surface area contributed by atoms with Gasteiger partial charge in [-0.2, -0.15) is 0 Å². The van der Waals surface area contributed by atoms with Gasteiger partial charge in [-0.1, -0.05) is 47.5 Å². The third kappa shape index (κ3) is 5.43. The summed E-state index contributed by atoms with van der Waals surface area (Å²) in [7, 11) is 3.24. The van der Waals surface area contributed by atoms with Crippen molar-refractivity contribution in [2.24, 2.45) is 0 Å². The van der Waals surface area contributed by atoms with Gasteiger partial charge in [0.25, 0.3) is 5.91 Å². The van der Waals surface area contributed by atoms with Crippen LogP contribution in [0.2, 0.25) is 10.0 Å². The lowest BCUT2D eigenvalue weighted by Gasteiger charge is -2.24. The fraction of sp³-hybridized carbons (Fsp3) is 0.174. The summed E-state index contributed by atoms with van der Waals surface area (Å²) in [5.41, 5.74) is 2.38. The number of benzene rings is 3. The zero-order valence-corrected chi connectivity index (χ0v) is 17.7. The van der Waals surface area contributed by atoms with Gasteiger partial charge in [-0.25, -0.2) is 0 Å². The predicted molar refractivity (Wildman–Crippen MR) is 116 cm³/mol. The first-order valence-electron chi connectivity index (χ1n) is 9.00. The molecule has 0 atom stereocenters. The van der Waals surface area contributed by atoms with Crippen molar-refractivity contribution in [1.82, 2.24) is 4.90 Å². The average molecular weight is 430 g/mol. The minimum atomic E-state index is -0.168. The summed E-state index contributed by atoms with van der Waals surface area (Å²) in [6.07, 6.45) is 0. The van der Waals surface area contributed by atoms with Crippen LogP contribution in [0.15, 0.2) is 66.7 Å². The Hall–Kier alpha value is -2.69. The maximum absolute atomic E-state index is 13.3. The van der Waals surface area contributed by atoms with E-state index in [2.05, 4.69) is 0 Å². The lowest BCUT2D eigenvalue weighted by atomic mass is 10.1. The molecule has 3 aromatic carbocycles. The maximum atomic E-state index is 13.3. The lowest BCUT2D eigenvalue weighted by Crippen LogP contribution is -2.30. The smallest absolute Gasteiger partial charge is 0.255 e. The van der Waals surface area contributed by atoms with E-state index < -0.39 is 0 Å². The molecule has 1 amide bonds. The molecule has 0 aliphatic rings. The molecule has 0 saturated carbocycles. The van der Waals surface area contributed by atoms with Gasteiger partial charge in [0.15, 0.2) is 0 Å². The third-order valence-electron chi connectivity index (χ3n) is 4.51. The Kier molecular flexibility index (Phi) is 7.02. The van der Waals surface area contributed by atoms with Gasteiger partial charge < -0.3 is 14.4 Å². The van der Waals surface area contributed by atoms with E-state index in [1.54, 1.807) is 37.3 Å². The number of amides is 1. The fourth-order valence-electron chi connectivity index (χ4n) is 2.94. The van der Waals surface area contributed by atoms with Gasteiger partial charge >= 0.3 is 0 Å². The fourth-order valence-corrected chi connectivity index (χ4v) is 3.42. The number of carbonyl (C=O) groups is 1. The van der Waals surface area contributed by atoms with Crippen LogP contribution in [0.4, 0.5) is 0 Å². The molecule has 150 valence electrons. The van der Waals surface area contributed by atoms with Crippen LogP contribution in [0.1, 0.15) is 21.5 Å². The molecule has 3 rings (SSSR count). The molecule has 0 aliphatic heterocycles. The first-order chi connectivity index (χ1) is 14.0. The standard InChI is InChI=1S/C23H21Cl2NO3/c1-28-19-8-3-16(4-9-19)14-26(15-17-5-10-20(29-2)11-6-17)23(27)21-12-7-18(24)13-22(21)25/h3-13H,14-15H2,1-2H3. The highest BCUT2D eigenvalue weighted by atomic mass is 35.5. The summed E-state index contributed by atoms with van der Waals surface area (Å²) in [6, 6.07) is 20.2. The summed E-state index contributed by atoms with van der Waals surface area (Å²) in [4.78, 5) is 15.0. The minimum Gasteiger partial charge on any atom is -0.497 e. The highest BCUT2D eigenvalue weighted by Crippen LogP contribution is 2.25. The molecule has 0 N–H and O–H groups in total. The summed E-state index contributed by atoms with van der Waals surface area (Å²) >= 11 is 12.3.